The van der Waals surface area contributed by atoms with E-state index in [4.69, 9.17) is 5.11 Å². The molecular weight excluding hydrogens is 490 g/mol. The van der Waals surface area contributed by atoms with E-state index >= 15 is 0 Å². The van der Waals surface area contributed by atoms with Gasteiger partial charge in [-0.2, -0.15) is 18.3 Å². The predicted molar refractivity (Wildman–Crippen MR) is 118 cm³/mol. The highest BCUT2D eigenvalue weighted by atomic mass is 32.2. The number of carbonyl (C=O) groups is 1. The number of halogens is 4. The van der Waals surface area contributed by atoms with Crippen LogP contribution in [-0.4, -0.2) is 35.2 Å². The Bertz CT molecular complexity index is 1350. The van der Waals surface area contributed by atoms with Crippen molar-refractivity contribution in [3.63, 3.8) is 0 Å². The number of carboxylic acids is 1. The van der Waals surface area contributed by atoms with Crippen molar-refractivity contribution in [2.24, 2.45) is 0 Å². The van der Waals surface area contributed by atoms with Crippen LogP contribution in [0.1, 0.15) is 35.7 Å². The lowest BCUT2D eigenvalue weighted by Gasteiger charge is -2.24. The van der Waals surface area contributed by atoms with Gasteiger partial charge in [-0.1, -0.05) is 12.1 Å². The molecule has 0 fully saturated rings. The van der Waals surface area contributed by atoms with Gasteiger partial charge in [-0.25, -0.2) is 12.8 Å². The number of hydrogen-bond acceptors (Lipinski definition) is 5. The summed E-state index contributed by atoms with van der Waals surface area (Å²) in [6, 6.07) is 6.81. The molecule has 1 atom stereocenters. The Morgan fingerprint density at radius 1 is 1.14 bits per heavy atom. The number of benzene rings is 2. The monoisotopic (exact) mass is 511 g/mol. The molecule has 0 saturated carbocycles. The highest BCUT2D eigenvalue weighted by Crippen LogP contribution is 2.35. The van der Waals surface area contributed by atoms with Crippen LogP contribution in [0, 0.1) is 5.82 Å². The predicted octanol–water partition coefficient (Wildman–Crippen LogP) is 4.19. The molecule has 2 aromatic carbocycles. The van der Waals surface area contributed by atoms with E-state index in [-0.39, 0.29) is 17.7 Å². The molecule has 0 amide bonds. The van der Waals surface area contributed by atoms with Crippen molar-refractivity contribution < 1.29 is 35.9 Å². The van der Waals surface area contributed by atoms with Crippen LogP contribution in [0.25, 0.3) is 11.1 Å². The van der Waals surface area contributed by atoms with Crippen LogP contribution < -0.4 is 5.32 Å². The third kappa shape index (κ3) is 5.54. The number of nitrogens with one attached hydrogen (secondary N) is 1. The maximum Gasteiger partial charge on any atom is 0.416 e. The molecule has 0 radical (unpaired) electrons. The lowest BCUT2D eigenvalue weighted by atomic mass is 9.93. The zero-order valence-electron chi connectivity index (χ0n) is 18.2. The van der Waals surface area contributed by atoms with Gasteiger partial charge in [0, 0.05) is 17.3 Å². The Labute approximate surface area is 198 Å². The molecule has 1 aliphatic rings. The van der Waals surface area contributed by atoms with Gasteiger partial charge in [-0.15, -0.1) is 0 Å². The van der Waals surface area contributed by atoms with E-state index in [0.29, 0.717) is 36.6 Å². The minimum atomic E-state index is -4.79. The van der Waals surface area contributed by atoms with E-state index in [1.807, 2.05) is 0 Å². The number of carboxylic acid groups (broad SMARTS) is 1. The summed E-state index contributed by atoms with van der Waals surface area (Å²) in [5.41, 5.74) is 0.459. The van der Waals surface area contributed by atoms with Crippen LogP contribution in [0.4, 0.5) is 17.6 Å². The molecule has 0 aliphatic heterocycles. The van der Waals surface area contributed by atoms with Gasteiger partial charge in [0.25, 0.3) is 0 Å². The van der Waals surface area contributed by atoms with Gasteiger partial charge in [-0.3, -0.25) is 14.8 Å². The summed E-state index contributed by atoms with van der Waals surface area (Å²) in [5.74, 6) is -2.27. The molecule has 1 aromatic heterocycles. The maximum absolute atomic E-state index is 13.5. The van der Waals surface area contributed by atoms with Crippen molar-refractivity contribution in [1.29, 1.82) is 0 Å². The molecule has 0 bridgehead atoms. The first-order chi connectivity index (χ1) is 16.4. The average Bonchev–Trinajstić information content (AvgIpc) is 3.20. The summed E-state index contributed by atoms with van der Waals surface area (Å²) in [4.78, 5) is 10.5. The minimum Gasteiger partial charge on any atom is -0.480 e. The molecule has 2 N–H and O–H groups in total. The van der Waals surface area contributed by atoms with Gasteiger partial charge in [0.15, 0.2) is 9.84 Å². The second-order valence-electron chi connectivity index (χ2n) is 8.26. The maximum atomic E-state index is 13.5. The number of hydrogen-bond donors (Lipinski definition) is 2. The molecule has 12 heteroatoms. The van der Waals surface area contributed by atoms with Crippen molar-refractivity contribution in [2.75, 3.05) is 5.88 Å². The quantitative estimate of drug-likeness (QED) is 0.462. The first kappa shape index (κ1) is 24.9. The molecule has 0 unspecified atom stereocenters. The standard InChI is InChI=1S/C23H21F4N3O4S/c24-17-6-4-14(5-7-17)15-8-16(23(25,26)27)10-18(9-15)35(33,34)13-28-20-2-1-3-21-19(20)11-29-30(21)12-22(31)32/h4-11,20,28H,1-3,12-13H2,(H,31,32)/t20-/m1/s1. The van der Waals surface area contributed by atoms with E-state index in [1.165, 1.54) is 23.0 Å². The van der Waals surface area contributed by atoms with E-state index in [2.05, 4.69) is 10.4 Å². The smallest absolute Gasteiger partial charge is 0.416 e. The molecule has 0 saturated heterocycles. The molecule has 1 aliphatic carbocycles. The van der Waals surface area contributed by atoms with Crippen molar-refractivity contribution >= 4 is 15.8 Å². The highest BCUT2D eigenvalue weighted by molar-refractivity contribution is 7.91. The molecule has 186 valence electrons. The number of nitrogens with zero attached hydrogens (tertiary/aromatic N) is 2. The summed E-state index contributed by atoms with van der Waals surface area (Å²) >= 11 is 0. The van der Waals surface area contributed by atoms with Gasteiger partial charge >= 0.3 is 12.1 Å². The number of fused-ring (bicyclic) bond motifs is 1. The van der Waals surface area contributed by atoms with Crippen LogP contribution in [0.5, 0.6) is 0 Å². The Kier molecular flexibility index (Phi) is 6.69. The van der Waals surface area contributed by atoms with Gasteiger partial charge in [0.2, 0.25) is 0 Å². The summed E-state index contributed by atoms with van der Waals surface area (Å²) in [6.07, 6.45) is -1.50. The fourth-order valence-electron chi connectivity index (χ4n) is 4.14. The van der Waals surface area contributed by atoms with Crippen LogP contribution in [0.2, 0.25) is 0 Å². The van der Waals surface area contributed by atoms with E-state index in [9.17, 15) is 30.8 Å². The van der Waals surface area contributed by atoms with Gasteiger partial charge in [-0.05, 0) is 60.7 Å². The minimum absolute atomic E-state index is 0.00620. The molecule has 3 aromatic rings. The van der Waals surface area contributed by atoms with Crippen molar-refractivity contribution in [3.05, 3.63) is 71.3 Å². The fourth-order valence-corrected chi connectivity index (χ4v) is 5.34. The SMILES string of the molecule is O=C(O)Cn1ncc2c1CCC[C@H]2NCS(=O)(=O)c1cc(-c2ccc(F)cc2)cc(C(F)(F)F)c1. The number of sulfone groups is 1. The van der Waals surface area contributed by atoms with Crippen molar-refractivity contribution in [2.45, 2.75) is 42.9 Å². The number of alkyl halides is 3. The lowest BCUT2D eigenvalue weighted by molar-refractivity contribution is -0.138. The second kappa shape index (κ2) is 9.42. The first-order valence-corrected chi connectivity index (χ1v) is 12.3. The Balaban J connectivity index is 1.62. The van der Waals surface area contributed by atoms with Crippen LogP contribution >= 0.6 is 0 Å². The number of rotatable bonds is 7. The summed E-state index contributed by atoms with van der Waals surface area (Å²) in [5, 5.41) is 16.0. The zero-order chi connectivity index (χ0) is 25.4. The largest absolute Gasteiger partial charge is 0.480 e. The fraction of sp³-hybridized carbons (Fsp3) is 0.304. The average molecular weight is 511 g/mol. The first-order valence-electron chi connectivity index (χ1n) is 10.6. The van der Waals surface area contributed by atoms with Crippen LogP contribution in [0.15, 0.2) is 53.6 Å². The van der Waals surface area contributed by atoms with Crippen molar-refractivity contribution in [3.8, 4) is 11.1 Å². The Morgan fingerprint density at radius 3 is 2.51 bits per heavy atom. The number of aliphatic carboxylic acids is 1. The van der Waals surface area contributed by atoms with E-state index < -0.39 is 50.2 Å². The third-order valence-electron chi connectivity index (χ3n) is 5.84. The molecule has 35 heavy (non-hydrogen) atoms. The lowest BCUT2D eigenvalue weighted by Crippen LogP contribution is -2.30. The highest BCUT2D eigenvalue weighted by Gasteiger charge is 2.33. The van der Waals surface area contributed by atoms with Gasteiger partial charge in [0.05, 0.1) is 16.7 Å². The summed E-state index contributed by atoms with van der Waals surface area (Å²) in [6.45, 7) is -0.323. The van der Waals surface area contributed by atoms with Crippen LogP contribution in [0.3, 0.4) is 0 Å². The van der Waals surface area contributed by atoms with Gasteiger partial charge in [0.1, 0.15) is 18.2 Å². The van der Waals surface area contributed by atoms with E-state index in [0.717, 1.165) is 24.3 Å². The normalized spacial score (nSPS) is 16.2. The molecule has 7 nitrogen and oxygen atoms in total. The van der Waals surface area contributed by atoms with Gasteiger partial charge < -0.3 is 5.11 Å². The molecular formula is C23H21F4N3O4S. The summed E-state index contributed by atoms with van der Waals surface area (Å²) < 4.78 is 81.3. The Morgan fingerprint density at radius 2 is 1.86 bits per heavy atom. The zero-order valence-corrected chi connectivity index (χ0v) is 19.0. The Hall–Kier alpha value is -3.25. The molecule has 4 rings (SSSR count). The summed E-state index contributed by atoms with van der Waals surface area (Å²) in [7, 11) is -4.20. The number of aromatic nitrogens is 2. The topological polar surface area (TPSA) is 101 Å². The van der Waals surface area contributed by atoms with Crippen LogP contribution in [-0.2, 0) is 33.8 Å². The third-order valence-corrected chi connectivity index (χ3v) is 7.34. The molecule has 1 heterocycles. The molecule has 0 spiro atoms. The van der Waals surface area contributed by atoms with Crippen molar-refractivity contribution in [1.82, 2.24) is 15.1 Å². The van der Waals surface area contributed by atoms with E-state index in [1.54, 1.807) is 0 Å². The second-order valence-corrected chi connectivity index (χ2v) is 10.2.